The van der Waals surface area contributed by atoms with E-state index >= 15 is 0 Å². The Bertz CT molecular complexity index is 3090. The third kappa shape index (κ3) is 23.2. The molecule has 1 aromatic heterocycles. The quantitative estimate of drug-likeness (QED) is 0.00701. The minimum atomic E-state index is -2.85. The van der Waals surface area contributed by atoms with Gasteiger partial charge in [-0.05, 0) is 124 Å². The maximum atomic E-state index is 14.8. The van der Waals surface area contributed by atoms with Crippen molar-refractivity contribution in [3.8, 4) is 5.75 Å². The fourth-order valence-electron chi connectivity index (χ4n) is 9.35. The summed E-state index contributed by atoms with van der Waals surface area (Å²) in [4.78, 5) is 113. The fourth-order valence-corrected chi connectivity index (χ4v) is 11.9. The van der Waals surface area contributed by atoms with Gasteiger partial charge in [0.25, 0.3) is 11.5 Å². The van der Waals surface area contributed by atoms with E-state index in [4.69, 9.17) is 33.5 Å². The van der Waals surface area contributed by atoms with Crippen LogP contribution in [0.15, 0.2) is 81.4 Å². The van der Waals surface area contributed by atoms with Gasteiger partial charge >= 0.3 is 23.7 Å². The maximum Gasteiger partial charge on any atom is 0.333 e. The Hall–Kier alpha value is -7.03. The predicted octanol–water partition coefficient (Wildman–Crippen LogP) is 5.76. The van der Waals surface area contributed by atoms with Crippen LogP contribution < -0.4 is 53.7 Å². The van der Waals surface area contributed by atoms with Crippen LogP contribution in [0, 0.1) is 22.0 Å². The number of rotatable bonds is 32. The number of hydrogen-bond donors (Lipinski definition) is 8. The average Bonchev–Trinajstić information content (AvgIpc) is 1.58. The number of aliphatic hydroxyl groups excluding tert-OH is 1. The Kier molecular flexibility index (Phi) is 28.4. The SMILES string of the molecule is COc1ccc(Cn2c(=O)ccn([C@@H]3OC([C@H](O)[C@H](NCCCNC(=O)[C@@H](CC(C)C)NC(=O)[C@H](CCCN=C(N)N[N+](=O)[O-])NC(=O)N[C@H](C(=O)OCc4ccccc4)C(C)C)C(=O)OC(C)(C)C)[C@@H](O[Si](C)(C)C(C)(C)C)[C@H]3O[Si](C)(C)C(C)(C)C)c2=O)cc1. The number of nitro groups is 1. The number of ether oxygens (including phenoxy) is 4. The third-order valence-corrected chi connectivity index (χ3v) is 25.4. The molecule has 0 saturated carbocycles. The highest BCUT2D eigenvalue weighted by Crippen LogP contribution is 2.46. The number of nitrogens with two attached hydrogens (primary N) is 1. The first-order chi connectivity index (χ1) is 42.7. The highest BCUT2D eigenvalue weighted by molar-refractivity contribution is 6.74. The van der Waals surface area contributed by atoms with E-state index in [-0.39, 0.29) is 69.4 Å². The fraction of sp³-hybridized carbons (Fsp3) is 0.651. The molecule has 0 radical (unpaired) electrons. The topological polar surface area (TPSA) is 359 Å². The molecule has 514 valence electrons. The van der Waals surface area contributed by atoms with Crippen molar-refractivity contribution in [3.63, 3.8) is 0 Å². The first-order valence-corrected chi connectivity index (χ1v) is 37.2. The number of carbonyl (C=O) groups excluding carboxylic acids is 5. The van der Waals surface area contributed by atoms with Crippen molar-refractivity contribution in [3.05, 3.63) is 109 Å². The van der Waals surface area contributed by atoms with Gasteiger partial charge in [0.1, 0.15) is 66.5 Å². The Morgan fingerprint density at radius 3 is 1.93 bits per heavy atom. The van der Waals surface area contributed by atoms with Crippen LogP contribution in [0.3, 0.4) is 0 Å². The van der Waals surface area contributed by atoms with Crippen molar-refractivity contribution in [1.29, 1.82) is 0 Å². The van der Waals surface area contributed by atoms with Gasteiger partial charge in [0.2, 0.25) is 11.8 Å². The lowest BCUT2D eigenvalue weighted by molar-refractivity contribution is -0.525. The second-order valence-corrected chi connectivity index (χ2v) is 37.5. The molecule has 1 aliphatic rings. The summed E-state index contributed by atoms with van der Waals surface area (Å²) in [7, 11) is -4.15. The van der Waals surface area contributed by atoms with Crippen molar-refractivity contribution < 1.29 is 61.9 Å². The largest absolute Gasteiger partial charge is 0.497 e. The molecule has 92 heavy (non-hydrogen) atoms. The van der Waals surface area contributed by atoms with E-state index in [1.54, 1.807) is 88.6 Å². The van der Waals surface area contributed by atoms with E-state index in [0.29, 0.717) is 11.3 Å². The first kappa shape index (κ1) is 77.4. The van der Waals surface area contributed by atoms with E-state index in [1.807, 2.05) is 46.1 Å². The van der Waals surface area contributed by atoms with Gasteiger partial charge in [0.05, 0.1) is 13.7 Å². The molecule has 0 aliphatic carbocycles. The second-order valence-electron chi connectivity index (χ2n) is 28.0. The van der Waals surface area contributed by atoms with Gasteiger partial charge in [0.15, 0.2) is 27.9 Å². The number of hydrazine groups is 1. The molecule has 0 bridgehead atoms. The van der Waals surface area contributed by atoms with Gasteiger partial charge < -0.3 is 65.2 Å². The zero-order chi connectivity index (χ0) is 69.3. The van der Waals surface area contributed by atoms with Gasteiger partial charge in [0, 0.05) is 25.4 Å². The van der Waals surface area contributed by atoms with Crippen molar-refractivity contribution >= 4 is 52.4 Å². The first-order valence-electron chi connectivity index (χ1n) is 31.3. The molecule has 2 heterocycles. The number of benzene rings is 2. The molecule has 9 N–H and O–H groups in total. The number of guanidine groups is 1. The molecule has 0 spiro atoms. The summed E-state index contributed by atoms with van der Waals surface area (Å²) in [5.41, 5.74) is 6.43. The number of carbonyl (C=O) groups is 5. The van der Waals surface area contributed by atoms with Gasteiger partial charge in [-0.1, -0.05) is 117 Å². The van der Waals surface area contributed by atoms with Crippen LogP contribution in [-0.4, -0.2) is 153 Å². The van der Waals surface area contributed by atoms with Gasteiger partial charge in [-0.2, -0.15) is 0 Å². The van der Waals surface area contributed by atoms with Crippen molar-refractivity contribution in [1.82, 2.24) is 41.1 Å². The second kappa shape index (κ2) is 33.7. The number of nitrogens with one attached hydrogen (secondary N) is 6. The van der Waals surface area contributed by atoms with Crippen LogP contribution in [0.4, 0.5) is 4.79 Å². The molecule has 27 nitrogen and oxygen atoms in total. The Morgan fingerprint density at radius 2 is 1.38 bits per heavy atom. The average molecular weight is 1330 g/mol. The Morgan fingerprint density at radius 1 is 0.772 bits per heavy atom. The Balaban J connectivity index is 1.64. The highest BCUT2D eigenvalue weighted by Gasteiger charge is 2.58. The van der Waals surface area contributed by atoms with E-state index in [0.717, 1.165) is 10.1 Å². The van der Waals surface area contributed by atoms with E-state index in [2.05, 4.69) is 73.1 Å². The number of aromatic nitrogens is 2. The number of methoxy groups -OCH3 is 1. The van der Waals surface area contributed by atoms with Crippen LogP contribution in [0.25, 0.3) is 0 Å². The summed E-state index contributed by atoms with van der Waals surface area (Å²) in [6.45, 7) is 32.5. The van der Waals surface area contributed by atoms with Crippen LogP contribution in [-0.2, 0) is 55.4 Å². The van der Waals surface area contributed by atoms with Gasteiger partial charge in [-0.25, -0.2) is 29.5 Å². The molecule has 3 aromatic rings. The number of hydrogen-bond acceptors (Lipinski definition) is 18. The molecular formula is C63H103N11O16Si2. The standard InChI is InChI=1S/C63H103N11O16Si2/c1-39(2)36-45(68-54(78)44(26-22-32-67-58(64)71-74(83)84)69-59(81)70-47(40(3)4)56(79)86-38-42-24-20-19-21-25-42)53(77)66-34-23-33-65-48(57(80)88-61(5,6)7)49(76)50-51(89-91(15,16)62(8,9)10)52(90-92(17,18)63(11,12)13)55(87-50)72-35-31-46(75)73(60(72)82)37-41-27-29-43(85-14)30-28-41/h19-21,24-25,27-31,35,39-40,44-45,47-52,55,65,76H,22-23,26,32-34,36-38H2,1-18H3,(H,66,77)(H,68,78)(H3,64,67,71)(H2,69,70,81)/t44-,45+,47-,48-,49+,50?,51+,52+,55+/m0/s1. The molecule has 1 fully saturated rings. The van der Waals surface area contributed by atoms with Crippen LogP contribution >= 0.6 is 0 Å². The molecule has 4 rings (SSSR count). The van der Waals surface area contributed by atoms with E-state index < -0.39 is 140 Å². The summed E-state index contributed by atoms with van der Waals surface area (Å²) in [6, 6.07) is 11.2. The maximum absolute atomic E-state index is 14.8. The summed E-state index contributed by atoms with van der Waals surface area (Å²) < 4.78 is 40.6. The van der Waals surface area contributed by atoms with E-state index in [1.165, 1.54) is 23.9 Å². The molecule has 9 atom stereocenters. The molecule has 29 heteroatoms. The summed E-state index contributed by atoms with van der Waals surface area (Å²) in [6.07, 6.45) is -4.86. The Labute approximate surface area is 542 Å². The van der Waals surface area contributed by atoms with Gasteiger partial charge in [-0.15, -0.1) is 0 Å². The summed E-state index contributed by atoms with van der Waals surface area (Å²) in [5.74, 6) is -3.32. The lowest BCUT2D eigenvalue weighted by Crippen LogP contribution is -2.59. The lowest BCUT2D eigenvalue weighted by atomic mass is 9.99. The van der Waals surface area contributed by atoms with Crippen molar-refractivity contribution in [2.45, 2.75) is 226 Å². The number of esters is 2. The normalized spacial score (nSPS) is 18.2. The van der Waals surface area contributed by atoms with Crippen LogP contribution in [0.2, 0.25) is 36.3 Å². The molecule has 2 aromatic carbocycles. The molecule has 1 aliphatic heterocycles. The number of aliphatic imine (C=N–C) groups is 1. The zero-order valence-electron chi connectivity index (χ0n) is 57.0. The monoisotopic (exact) mass is 1330 g/mol. The zero-order valence-corrected chi connectivity index (χ0v) is 59.0. The predicted molar refractivity (Wildman–Crippen MR) is 354 cm³/mol. The van der Waals surface area contributed by atoms with E-state index in [9.17, 15) is 48.8 Å². The smallest absolute Gasteiger partial charge is 0.333 e. The third-order valence-electron chi connectivity index (χ3n) is 16.5. The van der Waals surface area contributed by atoms with Crippen molar-refractivity contribution in [2.75, 3.05) is 26.7 Å². The number of urea groups is 1. The number of nitrogens with zero attached hydrogens (tertiary/aromatic N) is 4. The van der Waals surface area contributed by atoms with Gasteiger partial charge in [-0.3, -0.25) is 28.3 Å². The van der Waals surface area contributed by atoms with Crippen molar-refractivity contribution in [2.24, 2.45) is 22.6 Å². The minimum Gasteiger partial charge on any atom is -0.497 e. The minimum absolute atomic E-state index is 0.00276. The highest BCUT2D eigenvalue weighted by atomic mass is 28.4. The summed E-state index contributed by atoms with van der Waals surface area (Å²) in [5, 5.41) is 36.2. The van der Waals surface area contributed by atoms with Crippen LogP contribution in [0.5, 0.6) is 5.75 Å². The molecule has 1 saturated heterocycles. The lowest BCUT2D eigenvalue weighted by Gasteiger charge is -2.44. The molecule has 1 unspecified atom stereocenters. The number of amides is 4. The summed E-state index contributed by atoms with van der Waals surface area (Å²) >= 11 is 0. The molecule has 4 amide bonds. The molecular weight excluding hydrogens is 1220 g/mol. The number of aliphatic hydroxyl groups is 1. The van der Waals surface area contributed by atoms with Crippen LogP contribution in [0.1, 0.15) is 133 Å².